The molecule has 0 amide bonds. The minimum atomic E-state index is -0.138. The fraction of sp³-hybridized carbons (Fsp3) is 0.625. The second-order valence-electron chi connectivity index (χ2n) is 5.07. The Morgan fingerprint density at radius 3 is 2.80 bits per heavy atom. The molecule has 1 fully saturated rings. The van der Waals surface area contributed by atoms with E-state index in [-0.39, 0.29) is 19.0 Å². The molecule has 2 atom stereocenters. The van der Waals surface area contributed by atoms with Crippen LogP contribution in [0.3, 0.4) is 0 Å². The molecule has 0 aliphatic carbocycles. The van der Waals surface area contributed by atoms with Gasteiger partial charge in [0.15, 0.2) is 6.29 Å². The predicted molar refractivity (Wildman–Crippen MR) is 76.3 cm³/mol. The van der Waals surface area contributed by atoms with Gasteiger partial charge in [0, 0.05) is 13.2 Å². The summed E-state index contributed by atoms with van der Waals surface area (Å²) in [7, 11) is 0. The highest BCUT2D eigenvalue weighted by atomic mass is 16.7. The number of hydrogen-bond donors (Lipinski definition) is 1. The van der Waals surface area contributed by atoms with Gasteiger partial charge >= 0.3 is 0 Å². The molecule has 2 rings (SSSR count). The molecule has 0 saturated carbocycles. The summed E-state index contributed by atoms with van der Waals surface area (Å²) in [5.74, 6) is 0. The minimum absolute atomic E-state index is 0.103. The number of aliphatic hydroxyl groups excluding tert-OH is 1. The van der Waals surface area contributed by atoms with Gasteiger partial charge in [-0.1, -0.05) is 30.3 Å². The lowest BCUT2D eigenvalue weighted by Gasteiger charge is -2.27. The molecule has 0 aromatic heterocycles. The summed E-state index contributed by atoms with van der Waals surface area (Å²) >= 11 is 0. The van der Waals surface area contributed by atoms with Crippen molar-refractivity contribution >= 4 is 0 Å². The average Bonchev–Trinajstić information content (AvgIpc) is 2.49. The molecule has 20 heavy (non-hydrogen) atoms. The maximum atomic E-state index is 9.11. The van der Waals surface area contributed by atoms with Gasteiger partial charge in [-0.3, -0.25) is 0 Å². The van der Waals surface area contributed by atoms with Gasteiger partial charge in [0.1, 0.15) is 0 Å². The zero-order valence-electron chi connectivity index (χ0n) is 11.9. The van der Waals surface area contributed by atoms with Gasteiger partial charge in [-0.25, -0.2) is 0 Å². The first-order valence-corrected chi connectivity index (χ1v) is 7.38. The first kappa shape index (κ1) is 15.4. The van der Waals surface area contributed by atoms with Gasteiger partial charge in [0.25, 0.3) is 0 Å². The predicted octanol–water partition coefficient (Wildman–Crippen LogP) is 2.50. The second-order valence-corrected chi connectivity index (χ2v) is 5.07. The summed E-state index contributed by atoms with van der Waals surface area (Å²) in [4.78, 5) is 0. The summed E-state index contributed by atoms with van der Waals surface area (Å²) in [6, 6.07) is 10.0. The average molecular weight is 280 g/mol. The topological polar surface area (TPSA) is 47.9 Å². The fourth-order valence-electron chi connectivity index (χ4n) is 2.25. The molecule has 1 N–H and O–H groups in total. The van der Waals surface area contributed by atoms with Gasteiger partial charge in [-0.15, -0.1) is 0 Å². The maximum absolute atomic E-state index is 9.11. The second kappa shape index (κ2) is 9.08. The molecule has 4 heteroatoms. The van der Waals surface area contributed by atoms with Crippen molar-refractivity contribution in [2.75, 3.05) is 19.8 Å². The van der Waals surface area contributed by atoms with Crippen molar-refractivity contribution in [3.63, 3.8) is 0 Å². The van der Waals surface area contributed by atoms with Crippen molar-refractivity contribution in [1.82, 2.24) is 0 Å². The van der Waals surface area contributed by atoms with Gasteiger partial charge < -0.3 is 19.3 Å². The zero-order valence-corrected chi connectivity index (χ0v) is 11.9. The lowest BCUT2D eigenvalue weighted by atomic mass is 10.2. The molecule has 112 valence electrons. The van der Waals surface area contributed by atoms with E-state index in [1.807, 2.05) is 30.3 Å². The highest BCUT2D eigenvalue weighted by Crippen LogP contribution is 2.17. The Kier molecular flexibility index (Phi) is 7.01. The van der Waals surface area contributed by atoms with Crippen LogP contribution < -0.4 is 0 Å². The first-order chi connectivity index (χ1) is 9.88. The SMILES string of the molecule is OCC[C@@H](COCc1ccccc1)OC1CCCCO1. The highest BCUT2D eigenvalue weighted by Gasteiger charge is 2.19. The molecule has 0 radical (unpaired) electrons. The van der Waals surface area contributed by atoms with E-state index in [4.69, 9.17) is 19.3 Å². The molecule has 1 unspecified atom stereocenters. The van der Waals surface area contributed by atoms with Crippen LogP contribution >= 0.6 is 0 Å². The van der Waals surface area contributed by atoms with Crippen molar-refractivity contribution in [2.24, 2.45) is 0 Å². The molecular weight excluding hydrogens is 256 g/mol. The molecule has 1 aromatic carbocycles. The number of aliphatic hydroxyl groups is 1. The van der Waals surface area contributed by atoms with Gasteiger partial charge in [0.2, 0.25) is 0 Å². The fourth-order valence-corrected chi connectivity index (χ4v) is 2.25. The van der Waals surface area contributed by atoms with Crippen LogP contribution in [-0.2, 0) is 20.8 Å². The molecule has 4 nitrogen and oxygen atoms in total. The Bertz CT molecular complexity index is 349. The van der Waals surface area contributed by atoms with Crippen LogP contribution in [0.4, 0.5) is 0 Å². The molecule has 0 spiro atoms. The lowest BCUT2D eigenvalue weighted by Crippen LogP contribution is -2.31. The zero-order chi connectivity index (χ0) is 14.0. The molecule has 1 saturated heterocycles. The van der Waals surface area contributed by atoms with Crippen molar-refractivity contribution in [2.45, 2.75) is 44.7 Å². The third-order valence-corrected chi connectivity index (χ3v) is 3.35. The molecule has 0 bridgehead atoms. The van der Waals surface area contributed by atoms with Crippen LogP contribution in [0.2, 0.25) is 0 Å². The summed E-state index contributed by atoms with van der Waals surface area (Å²) in [6.07, 6.45) is 3.51. The molecule has 1 heterocycles. The third-order valence-electron chi connectivity index (χ3n) is 3.35. The monoisotopic (exact) mass is 280 g/mol. The van der Waals surface area contributed by atoms with Crippen molar-refractivity contribution < 1.29 is 19.3 Å². The highest BCUT2D eigenvalue weighted by molar-refractivity contribution is 5.13. The van der Waals surface area contributed by atoms with Crippen LogP contribution in [0.15, 0.2) is 30.3 Å². The van der Waals surface area contributed by atoms with Crippen molar-refractivity contribution in [3.8, 4) is 0 Å². The Morgan fingerprint density at radius 1 is 1.25 bits per heavy atom. The van der Waals surface area contributed by atoms with Gasteiger partial charge in [-0.05, 0) is 31.2 Å². The molecule has 1 aromatic rings. The van der Waals surface area contributed by atoms with E-state index in [0.29, 0.717) is 19.6 Å². The van der Waals surface area contributed by atoms with Crippen LogP contribution in [0.25, 0.3) is 0 Å². The lowest BCUT2D eigenvalue weighted by molar-refractivity contribution is -0.201. The number of ether oxygens (including phenoxy) is 3. The first-order valence-electron chi connectivity index (χ1n) is 7.38. The van der Waals surface area contributed by atoms with Crippen molar-refractivity contribution in [3.05, 3.63) is 35.9 Å². The van der Waals surface area contributed by atoms with Crippen LogP contribution in [-0.4, -0.2) is 37.3 Å². The molecule has 1 aliphatic heterocycles. The van der Waals surface area contributed by atoms with Crippen LogP contribution in [0.5, 0.6) is 0 Å². The van der Waals surface area contributed by atoms with E-state index >= 15 is 0 Å². The Hall–Kier alpha value is -0.940. The van der Waals surface area contributed by atoms with Crippen LogP contribution in [0.1, 0.15) is 31.2 Å². The van der Waals surface area contributed by atoms with Crippen molar-refractivity contribution in [1.29, 1.82) is 0 Å². The number of benzene rings is 1. The summed E-state index contributed by atoms with van der Waals surface area (Å²) in [5.41, 5.74) is 1.14. The van der Waals surface area contributed by atoms with Gasteiger partial charge in [0.05, 0.1) is 19.3 Å². The number of rotatable bonds is 8. The van der Waals surface area contributed by atoms with E-state index in [2.05, 4.69) is 0 Å². The summed E-state index contributed by atoms with van der Waals surface area (Å²) < 4.78 is 17.1. The smallest absolute Gasteiger partial charge is 0.158 e. The van der Waals surface area contributed by atoms with E-state index in [9.17, 15) is 0 Å². The Morgan fingerprint density at radius 2 is 2.10 bits per heavy atom. The minimum Gasteiger partial charge on any atom is -0.396 e. The van der Waals surface area contributed by atoms with E-state index in [0.717, 1.165) is 31.4 Å². The van der Waals surface area contributed by atoms with E-state index < -0.39 is 0 Å². The van der Waals surface area contributed by atoms with Gasteiger partial charge in [-0.2, -0.15) is 0 Å². The Balaban J connectivity index is 1.71. The third kappa shape index (κ3) is 5.59. The molecule has 1 aliphatic rings. The van der Waals surface area contributed by atoms with Crippen LogP contribution in [0, 0.1) is 0 Å². The summed E-state index contributed by atoms with van der Waals surface area (Å²) in [5, 5.41) is 9.11. The molecular formula is C16H24O4. The van der Waals surface area contributed by atoms with E-state index in [1.54, 1.807) is 0 Å². The summed E-state index contributed by atoms with van der Waals surface area (Å²) in [6.45, 7) is 1.92. The van der Waals surface area contributed by atoms with E-state index in [1.165, 1.54) is 0 Å². The number of hydrogen-bond acceptors (Lipinski definition) is 4. The Labute approximate surface area is 120 Å². The normalized spacial score (nSPS) is 20.8. The maximum Gasteiger partial charge on any atom is 0.158 e. The standard InChI is InChI=1S/C16H24O4/c17-10-9-15(20-16-8-4-5-11-19-16)13-18-12-14-6-2-1-3-7-14/h1-3,6-7,15-17H,4-5,8-13H2/t15-,16?/m0/s1. The largest absolute Gasteiger partial charge is 0.396 e. The quantitative estimate of drug-likeness (QED) is 0.795.